The van der Waals surface area contributed by atoms with Gasteiger partial charge in [0.25, 0.3) is 0 Å². The molecular formula is C33H43FN4O6S. The number of ether oxygens (including phenoxy) is 1. The van der Waals surface area contributed by atoms with E-state index in [4.69, 9.17) is 10.5 Å². The first-order chi connectivity index (χ1) is 21.5. The number of carbonyl (C=O) groups is 2. The smallest absolute Gasteiger partial charge is 0.407 e. The number of nitrogens with two attached hydrogens (primary N) is 1. The molecule has 0 aromatic heterocycles. The van der Waals surface area contributed by atoms with Gasteiger partial charge in [0.1, 0.15) is 11.9 Å². The Labute approximate surface area is 264 Å². The zero-order valence-corrected chi connectivity index (χ0v) is 26.7. The van der Waals surface area contributed by atoms with E-state index in [0.29, 0.717) is 30.5 Å². The number of alkyl carbamates (subject to hydrolysis) is 1. The lowest BCUT2D eigenvalue weighted by Crippen LogP contribution is -2.48. The predicted octanol–water partition coefficient (Wildman–Crippen LogP) is 4.34. The van der Waals surface area contributed by atoms with Gasteiger partial charge >= 0.3 is 6.09 Å². The van der Waals surface area contributed by atoms with Crippen molar-refractivity contribution in [2.45, 2.75) is 56.5 Å². The van der Waals surface area contributed by atoms with Gasteiger partial charge in [-0.05, 0) is 71.8 Å². The van der Waals surface area contributed by atoms with E-state index in [9.17, 15) is 27.5 Å². The summed E-state index contributed by atoms with van der Waals surface area (Å²) >= 11 is 0. The maximum absolute atomic E-state index is 13.9. The molecule has 244 valence electrons. The number of carbonyl (C=O) groups excluding carboxylic acids is 2. The molecule has 12 heteroatoms. The van der Waals surface area contributed by atoms with E-state index in [-0.39, 0.29) is 42.7 Å². The lowest BCUT2D eigenvalue weighted by molar-refractivity contribution is -0.123. The second-order valence-electron chi connectivity index (χ2n) is 11.2. The van der Waals surface area contributed by atoms with Crippen LogP contribution in [0.4, 0.5) is 14.9 Å². The summed E-state index contributed by atoms with van der Waals surface area (Å²) in [5, 5.41) is 15.6. The number of benzene rings is 3. The number of hydrogen-bond acceptors (Lipinski definition) is 7. The number of sulfonamides is 1. The Morgan fingerprint density at radius 2 is 1.73 bits per heavy atom. The first-order valence-electron chi connectivity index (χ1n) is 14.9. The van der Waals surface area contributed by atoms with Crippen LogP contribution >= 0.6 is 0 Å². The number of hydrogen-bond donors (Lipinski definition) is 4. The van der Waals surface area contributed by atoms with Gasteiger partial charge in [-0.25, -0.2) is 17.6 Å². The number of anilines is 1. The number of halogens is 1. The number of unbranched alkanes of at least 4 members (excludes halogenated alkanes) is 1. The number of aliphatic hydroxyl groups excluding tert-OH is 1. The fraction of sp³-hybridized carbons (Fsp3) is 0.394. The van der Waals surface area contributed by atoms with Crippen molar-refractivity contribution in [1.29, 1.82) is 0 Å². The van der Waals surface area contributed by atoms with Gasteiger partial charge in [0, 0.05) is 31.2 Å². The SMILES string of the molecule is COC(=O)NC(Cc1ccccc1-c1cccc(F)c1)C(=O)NCCCCC(CO)N(CC(C)C)S(=O)(=O)c1ccc(N)cc1. The minimum absolute atomic E-state index is 0.0205. The van der Waals surface area contributed by atoms with Gasteiger partial charge in [0.05, 0.1) is 18.6 Å². The first kappa shape index (κ1) is 35.5. The molecule has 0 saturated carbocycles. The van der Waals surface area contributed by atoms with Crippen LogP contribution in [0.5, 0.6) is 0 Å². The van der Waals surface area contributed by atoms with Gasteiger partial charge in [-0.2, -0.15) is 4.31 Å². The van der Waals surface area contributed by atoms with E-state index < -0.39 is 34.1 Å². The molecule has 0 aliphatic carbocycles. The topological polar surface area (TPSA) is 151 Å². The Balaban J connectivity index is 1.65. The third-order valence-corrected chi connectivity index (χ3v) is 9.22. The first-order valence-corrected chi connectivity index (χ1v) is 16.3. The van der Waals surface area contributed by atoms with Crippen LogP contribution in [-0.4, -0.2) is 68.7 Å². The summed E-state index contributed by atoms with van der Waals surface area (Å²) in [5.74, 6) is -0.796. The van der Waals surface area contributed by atoms with Crippen molar-refractivity contribution in [2.75, 3.05) is 32.5 Å². The highest BCUT2D eigenvalue weighted by Crippen LogP contribution is 2.26. The molecule has 45 heavy (non-hydrogen) atoms. The Morgan fingerprint density at radius 3 is 2.38 bits per heavy atom. The van der Waals surface area contributed by atoms with Gasteiger partial charge < -0.3 is 26.2 Å². The van der Waals surface area contributed by atoms with Crippen LogP contribution in [0.2, 0.25) is 0 Å². The molecule has 0 saturated heterocycles. The number of nitrogens with zero attached hydrogens (tertiary/aromatic N) is 1. The van der Waals surface area contributed by atoms with Gasteiger partial charge in [-0.1, -0.05) is 56.7 Å². The van der Waals surface area contributed by atoms with Crippen LogP contribution in [0.1, 0.15) is 38.7 Å². The molecule has 2 atom stereocenters. The van der Waals surface area contributed by atoms with E-state index in [2.05, 4.69) is 10.6 Å². The molecule has 0 radical (unpaired) electrons. The highest BCUT2D eigenvalue weighted by Gasteiger charge is 2.31. The molecule has 0 bridgehead atoms. The second kappa shape index (κ2) is 16.9. The Bertz CT molecular complexity index is 1520. The number of nitrogen functional groups attached to an aromatic ring is 1. The number of nitrogens with one attached hydrogen (secondary N) is 2. The molecule has 3 aromatic rings. The second-order valence-corrected chi connectivity index (χ2v) is 13.1. The highest BCUT2D eigenvalue weighted by molar-refractivity contribution is 7.89. The van der Waals surface area contributed by atoms with E-state index in [0.717, 1.165) is 11.1 Å². The monoisotopic (exact) mass is 642 g/mol. The zero-order valence-electron chi connectivity index (χ0n) is 25.9. The molecule has 0 heterocycles. The molecule has 0 aliphatic rings. The largest absolute Gasteiger partial charge is 0.453 e. The standard InChI is InChI=1S/C33H43FN4O6S/c1-23(2)21-38(45(42,43)29-16-14-27(35)15-17-29)28(22-39)12-6-7-18-36-32(40)31(37-33(41)44-3)20-25-9-4-5-13-30(25)24-10-8-11-26(34)19-24/h4-5,8-11,13-17,19,23,28,31,39H,6-7,12,18,20-22,35H2,1-3H3,(H,36,40)(H,37,41). The van der Waals surface area contributed by atoms with Crippen molar-refractivity contribution in [3.05, 3.63) is 84.2 Å². The molecule has 5 N–H and O–H groups in total. The molecule has 2 unspecified atom stereocenters. The molecular weight excluding hydrogens is 599 g/mol. The molecule has 0 aliphatic heterocycles. The van der Waals surface area contributed by atoms with E-state index >= 15 is 0 Å². The summed E-state index contributed by atoms with van der Waals surface area (Å²) in [7, 11) is -2.68. The molecule has 10 nitrogen and oxygen atoms in total. The van der Waals surface area contributed by atoms with Crippen molar-refractivity contribution in [1.82, 2.24) is 14.9 Å². The van der Waals surface area contributed by atoms with Gasteiger partial charge in [0.2, 0.25) is 15.9 Å². The van der Waals surface area contributed by atoms with E-state index in [1.165, 1.54) is 47.8 Å². The molecule has 0 spiro atoms. The molecule has 3 aromatic carbocycles. The van der Waals surface area contributed by atoms with Gasteiger partial charge in [-0.3, -0.25) is 4.79 Å². The zero-order chi connectivity index (χ0) is 33.0. The number of amides is 2. The summed E-state index contributed by atoms with van der Waals surface area (Å²) in [6.45, 7) is 3.95. The van der Waals surface area contributed by atoms with Crippen LogP contribution in [0, 0.1) is 11.7 Å². The van der Waals surface area contributed by atoms with Crippen molar-refractivity contribution >= 4 is 27.7 Å². The minimum Gasteiger partial charge on any atom is -0.453 e. The minimum atomic E-state index is -3.89. The highest BCUT2D eigenvalue weighted by atomic mass is 32.2. The van der Waals surface area contributed by atoms with Gasteiger partial charge in [0.15, 0.2) is 0 Å². The van der Waals surface area contributed by atoms with Gasteiger partial charge in [-0.15, -0.1) is 0 Å². The molecule has 3 rings (SSSR count). The Hall–Kier alpha value is -4.00. The maximum Gasteiger partial charge on any atom is 0.407 e. The summed E-state index contributed by atoms with van der Waals surface area (Å²) in [5.41, 5.74) is 8.29. The van der Waals surface area contributed by atoms with Crippen LogP contribution in [0.15, 0.2) is 77.7 Å². The average molecular weight is 643 g/mol. The lowest BCUT2D eigenvalue weighted by atomic mass is 9.94. The normalized spacial score (nSPS) is 13.0. The summed E-state index contributed by atoms with van der Waals surface area (Å²) in [6.07, 6.45) is 0.766. The van der Waals surface area contributed by atoms with Crippen LogP contribution in [-0.2, 0) is 26.0 Å². The molecule has 2 amide bonds. The average Bonchev–Trinajstić information content (AvgIpc) is 3.01. The molecule has 0 fully saturated rings. The summed E-state index contributed by atoms with van der Waals surface area (Å²) in [4.78, 5) is 25.4. The van der Waals surface area contributed by atoms with Crippen molar-refractivity contribution < 1.29 is 32.2 Å². The summed E-state index contributed by atoms with van der Waals surface area (Å²) in [6, 6.07) is 17.7. The van der Waals surface area contributed by atoms with E-state index in [1.54, 1.807) is 18.2 Å². The Morgan fingerprint density at radius 1 is 1.02 bits per heavy atom. The van der Waals surface area contributed by atoms with Crippen molar-refractivity contribution in [2.24, 2.45) is 5.92 Å². The number of rotatable bonds is 16. The number of aliphatic hydroxyl groups is 1. The van der Waals surface area contributed by atoms with E-state index in [1.807, 2.05) is 32.0 Å². The van der Waals surface area contributed by atoms with Crippen molar-refractivity contribution in [3.63, 3.8) is 0 Å². The van der Waals surface area contributed by atoms with Crippen molar-refractivity contribution in [3.8, 4) is 11.1 Å². The van der Waals surface area contributed by atoms with Crippen LogP contribution in [0.25, 0.3) is 11.1 Å². The summed E-state index contributed by atoms with van der Waals surface area (Å²) < 4.78 is 47.0. The van der Waals surface area contributed by atoms with Crippen LogP contribution < -0.4 is 16.4 Å². The third kappa shape index (κ3) is 10.3. The predicted molar refractivity (Wildman–Crippen MR) is 172 cm³/mol. The Kier molecular flexibility index (Phi) is 13.3. The third-order valence-electron chi connectivity index (χ3n) is 7.28. The van der Waals surface area contributed by atoms with Crippen LogP contribution in [0.3, 0.4) is 0 Å². The quantitative estimate of drug-likeness (QED) is 0.134. The fourth-order valence-corrected chi connectivity index (χ4v) is 6.82. The lowest BCUT2D eigenvalue weighted by Gasteiger charge is -2.31. The maximum atomic E-state index is 13.9. The number of methoxy groups -OCH3 is 1. The fourth-order valence-electron chi connectivity index (χ4n) is 5.01.